The van der Waals surface area contributed by atoms with Gasteiger partial charge in [0.05, 0.1) is 29.4 Å². The largest absolute Gasteiger partial charge is 0.434 e. The van der Waals surface area contributed by atoms with Gasteiger partial charge in [-0.1, -0.05) is 6.07 Å². The van der Waals surface area contributed by atoms with Gasteiger partial charge in [0.1, 0.15) is 11.6 Å². The summed E-state index contributed by atoms with van der Waals surface area (Å²) in [5.74, 6) is -0.331. The summed E-state index contributed by atoms with van der Waals surface area (Å²) in [6, 6.07) is 3.81. The molecule has 1 aromatic heterocycles. The minimum atomic E-state index is -3.02. The molecule has 0 atom stereocenters. The molecule has 1 N–H and O–H groups in total. The van der Waals surface area contributed by atoms with E-state index in [9.17, 15) is 13.2 Å². The maximum absolute atomic E-state index is 14.1. The number of hydrogen-bond acceptors (Lipinski definition) is 4. The number of aryl methyl sites for hydroxylation is 1. The van der Waals surface area contributed by atoms with E-state index < -0.39 is 12.4 Å². The summed E-state index contributed by atoms with van der Waals surface area (Å²) < 4.78 is 43.5. The lowest BCUT2D eigenvalue weighted by atomic mass is 10.2. The van der Waals surface area contributed by atoms with Crippen molar-refractivity contribution in [1.82, 2.24) is 15.2 Å². The average Bonchev–Trinajstić information content (AvgIpc) is 2.97. The monoisotopic (exact) mass is 514 g/mol. The number of rotatable bonds is 7. The number of nitrogens with zero attached hydrogens (tertiary/aromatic N) is 3. The van der Waals surface area contributed by atoms with Crippen molar-refractivity contribution in [3.05, 3.63) is 45.7 Å². The van der Waals surface area contributed by atoms with Crippen molar-refractivity contribution in [3.8, 4) is 5.75 Å². The van der Waals surface area contributed by atoms with Crippen molar-refractivity contribution in [2.45, 2.75) is 33.5 Å². The number of aromatic nitrogens is 1. The standard InChI is InChI=1S/C17H21F3N4OS.HI/c1-4-21-17(24(3)9-12-10-26-11(2)23-12)22-8-13-14(18)6-5-7-15(13)25-16(19)20;/h5-7,10,16H,4,8-9H2,1-3H3,(H,21,22);1H. The second-order valence-electron chi connectivity index (χ2n) is 5.48. The molecule has 0 bridgehead atoms. The normalized spacial score (nSPS) is 11.3. The molecule has 0 radical (unpaired) electrons. The molecule has 27 heavy (non-hydrogen) atoms. The van der Waals surface area contributed by atoms with E-state index in [1.807, 2.05) is 31.2 Å². The van der Waals surface area contributed by atoms with Gasteiger partial charge in [0.2, 0.25) is 0 Å². The van der Waals surface area contributed by atoms with E-state index in [2.05, 4.69) is 20.0 Å². The Morgan fingerprint density at radius 2 is 2.15 bits per heavy atom. The summed E-state index contributed by atoms with van der Waals surface area (Å²) in [4.78, 5) is 10.6. The van der Waals surface area contributed by atoms with Gasteiger partial charge in [-0.3, -0.25) is 0 Å². The van der Waals surface area contributed by atoms with E-state index in [-0.39, 0.29) is 41.8 Å². The average molecular weight is 514 g/mol. The Hall–Kier alpha value is -1.56. The highest BCUT2D eigenvalue weighted by Gasteiger charge is 2.15. The lowest BCUT2D eigenvalue weighted by Crippen LogP contribution is -2.38. The molecular weight excluding hydrogens is 492 g/mol. The fraction of sp³-hybridized carbons (Fsp3) is 0.412. The summed E-state index contributed by atoms with van der Waals surface area (Å²) in [6.45, 7) is 1.81. The second-order valence-corrected chi connectivity index (χ2v) is 6.54. The molecule has 0 aliphatic carbocycles. The van der Waals surface area contributed by atoms with Crippen LogP contribution < -0.4 is 10.1 Å². The van der Waals surface area contributed by atoms with Gasteiger partial charge in [-0.15, -0.1) is 35.3 Å². The Bertz CT molecular complexity index is 758. The third-order valence-corrected chi connectivity index (χ3v) is 4.26. The second kappa shape index (κ2) is 11.3. The van der Waals surface area contributed by atoms with Gasteiger partial charge < -0.3 is 15.0 Å². The van der Waals surface area contributed by atoms with Crippen LogP contribution in [0.4, 0.5) is 13.2 Å². The highest BCUT2D eigenvalue weighted by Crippen LogP contribution is 2.24. The molecule has 0 amide bonds. The molecule has 10 heteroatoms. The highest BCUT2D eigenvalue weighted by molar-refractivity contribution is 14.0. The molecular formula is C17H22F3IN4OS. The van der Waals surface area contributed by atoms with Crippen LogP contribution in [-0.2, 0) is 13.1 Å². The van der Waals surface area contributed by atoms with E-state index in [1.165, 1.54) is 18.2 Å². The van der Waals surface area contributed by atoms with Crippen LogP contribution in [0.1, 0.15) is 23.2 Å². The predicted octanol–water partition coefficient (Wildman–Crippen LogP) is 4.41. The van der Waals surface area contributed by atoms with Gasteiger partial charge in [0, 0.05) is 19.0 Å². The molecule has 2 rings (SSSR count). The lowest BCUT2D eigenvalue weighted by molar-refractivity contribution is -0.0506. The number of hydrogen-bond donors (Lipinski definition) is 1. The van der Waals surface area contributed by atoms with Crippen LogP contribution >= 0.6 is 35.3 Å². The number of ether oxygens (including phenoxy) is 1. The summed E-state index contributed by atoms with van der Waals surface area (Å²) in [7, 11) is 1.83. The zero-order valence-electron chi connectivity index (χ0n) is 15.2. The molecule has 0 saturated carbocycles. The maximum Gasteiger partial charge on any atom is 0.387 e. The van der Waals surface area contributed by atoms with Crippen molar-refractivity contribution < 1.29 is 17.9 Å². The molecule has 0 fully saturated rings. The number of benzene rings is 1. The molecule has 5 nitrogen and oxygen atoms in total. The zero-order chi connectivity index (χ0) is 19.1. The summed E-state index contributed by atoms with van der Waals surface area (Å²) in [5.41, 5.74) is 0.884. The van der Waals surface area contributed by atoms with Gasteiger partial charge in [0.15, 0.2) is 5.96 Å². The fourth-order valence-corrected chi connectivity index (χ4v) is 2.92. The third kappa shape index (κ3) is 7.17. The molecule has 2 aromatic rings. The smallest absolute Gasteiger partial charge is 0.387 e. The van der Waals surface area contributed by atoms with Gasteiger partial charge in [-0.05, 0) is 26.0 Å². The quantitative estimate of drug-likeness (QED) is 0.338. The topological polar surface area (TPSA) is 49.8 Å². The van der Waals surface area contributed by atoms with Crippen LogP contribution in [-0.4, -0.2) is 36.0 Å². The van der Waals surface area contributed by atoms with Crippen LogP contribution in [0.3, 0.4) is 0 Å². The molecule has 0 saturated heterocycles. The van der Waals surface area contributed by atoms with Crippen LogP contribution in [0.5, 0.6) is 5.75 Å². The van der Waals surface area contributed by atoms with Crippen molar-refractivity contribution in [2.24, 2.45) is 4.99 Å². The Kier molecular flexibility index (Phi) is 9.84. The van der Waals surface area contributed by atoms with Crippen molar-refractivity contribution in [1.29, 1.82) is 0 Å². The fourth-order valence-electron chi connectivity index (χ4n) is 2.32. The summed E-state index contributed by atoms with van der Waals surface area (Å²) in [5, 5.41) is 6.03. The summed E-state index contributed by atoms with van der Waals surface area (Å²) >= 11 is 1.56. The molecule has 0 spiro atoms. The number of aliphatic imine (C=N–C) groups is 1. The third-order valence-electron chi connectivity index (χ3n) is 3.44. The minimum Gasteiger partial charge on any atom is -0.434 e. The van der Waals surface area contributed by atoms with Crippen molar-refractivity contribution >= 4 is 41.3 Å². The van der Waals surface area contributed by atoms with E-state index in [4.69, 9.17) is 0 Å². The Balaban J connectivity index is 0.00000364. The zero-order valence-corrected chi connectivity index (χ0v) is 18.4. The van der Waals surface area contributed by atoms with Gasteiger partial charge in [-0.2, -0.15) is 8.78 Å². The van der Waals surface area contributed by atoms with E-state index in [0.717, 1.165) is 10.7 Å². The van der Waals surface area contributed by atoms with Crippen LogP contribution in [0.25, 0.3) is 0 Å². The number of thiazole rings is 1. The van der Waals surface area contributed by atoms with Crippen LogP contribution in [0.2, 0.25) is 0 Å². The first-order valence-electron chi connectivity index (χ1n) is 8.03. The van der Waals surface area contributed by atoms with Gasteiger partial charge >= 0.3 is 6.61 Å². The molecule has 0 unspecified atom stereocenters. The van der Waals surface area contributed by atoms with Gasteiger partial charge in [-0.25, -0.2) is 14.4 Å². The first kappa shape index (κ1) is 23.5. The van der Waals surface area contributed by atoms with E-state index >= 15 is 0 Å². The molecule has 0 aliphatic rings. The van der Waals surface area contributed by atoms with E-state index in [1.54, 1.807) is 11.3 Å². The van der Waals surface area contributed by atoms with Crippen molar-refractivity contribution in [3.63, 3.8) is 0 Å². The summed E-state index contributed by atoms with van der Waals surface area (Å²) in [6.07, 6.45) is 0. The molecule has 1 heterocycles. The lowest BCUT2D eigenvalue weighted by Gasteiger charge is -2.21. The number of halogens is 4. The predicted molar refractivity (Wildman–Crippen MR) is 112 cm³/mol. The minimum absolute atomic E-state index is 0. The van der Waals surface area contributed by atoms with Crippen LogP contribution in [0.15, 0.2) is 28.6 Å². The maximum atomic E-state index is 14.1. The van der Waals surface area contributed by atoms with Crippen molar-refractivity contribution in [2.75, 3.05) is 13.6 Å². The molecule has 0 aliphatic heterocycles. The SMILES string of the molecule is CCNC(=NCc1c(F)cccc1OC(F)F)N(C)Cc1csc(C)n1.I. The molecule has 1 aromatic carbocycles. The number of alkyl halides is 2. The first-order valence-corrected chi connectivity index (χ1v) is 8.91. The number of guanidine groups is 1. The Morgan fingerprint density at radius 3 is 2.74 bits per heavy atom. The first-order chi connectivity index (χ1) is 12.4. The Labute approximate surface area is 177 Å². The van der Waals surface area contributed by atoms with Crippen LogP contribution in [0, 0.1) is 12.7 Å². The van der Waals surface area contributed by atoms with Gasteiger partial charge in [0.25, 0.3) is 0 Å². The number of nitrogens with one attached hydrogen (secondary N) is 1. The highest BCUT2D eigenvalue weighted by atomic mass is 127. The molecule has 150 valence electrons. The van der Waals surface area contributed by atoms with E-state index in [0.29, 0.717) is 19.0 Å². The Morgan fingerprint density at radius 1 is 1.41 bits per heavy atom.